The topological polar surface area (TPSA) is 68.9 Å². The van der Waals surface area contributed by atoms with E-state index >= 15 is 0 Å². The molecule has 0 amide bonds. The highest BCUT2D eigenvalue weighted by atomic mass is 16.3. The summed E-state index contributed by atoms with van der Waals surface area (Å²) < 4.78 is 0. The Kier molecular flexibility index (Phi) is 4.69. The first-order chi connectivity index (χ1) is 8.30. The van der Waals surface area contributed by atoms with Gasteiger partial charge in [-0.05, 0) is 30.9 Å². The first-order valence-electron chi connectivity index (χ1n) is 6.11. The quantitative estimate of drug-likeness (QED) is 0.857. The zero-order valence-corrected chi connectivity index (χ0v) is 11.5. The second-order valence-electron chi connectivity index (χ2n) is 5.79. The number of aliphatic hydroxyl groups excluding tert-OH is 1. The fourth-order valence-electron chi connectivity index (χ4n) is 1.83. The van der Waals surface area contributed by atoms with Crippen molar-refractivity contribution in [3.63, 3.8) is 0 Å². The average molecular weight is 247 g/mol. The molecule has 1 aromatic heterocycles. The van der Waals surface area contributed by atoms with Gasteiger partial charge in [0.25, 0.3) is 0 Å². The Labute approximate surface area is 109 Å². The maximum atomic E-state index is 9.89. The van der Waals surface area contributed by atoms with Crippen LogP contribution >= 0.6 is 0 Å². The molecule has 0 aliphatic heterocycles. The lowest BCUT2D eigenvalue weighted by Gasteiger charge is -2.22. The van der Waals surface area contributed by atoms with Crippen LogP contribution < -0.4 is 5.32 Å². The summed E-state index contributed by atoms with van der Waals surface area (Å²) in [4.78, 5) is 4.28. The number of hydrogen-bond acceptors (Lipinski definition) is 4. The molecule has 0 aromatic carbocycles. The molecule has 0 aliphatic carbocycles. The zero-order valence-electron chi connectivity index (χ0n) is 11.5. The van der Waals surface area contributed by atoms with Crippen molar-refractivity contribution < 1.29 is 5.11 Å². The highest BCUT2D eigenvalue weighted by Gasteiger charge is 2.16. The Bertz CT molecular complexity index is 443. The van der Waals surface area contributed by atoms with E-state index in [1.54, 1.807) is 12.1 Å². The zero-order chi connectivity index (χ0) is 13.8. The van der Waals surface area contributed by atoms with Crippen LogP contribution in [-0.4, -0.2) is 22.7 Å². The van der Waals surface area contributed by atoms with Gasteiger partial charge in [0.1, 0.15) is 5.82 Å². The predicted molar refractivity (Wildman–Crippen MR) is 72.3 cm³/mol. The van der Waals surface area contributed by atoms with Gasteiger partial charge in [-0.1, -0.05) is 20.8 Å². The molecule has 98 valence electrons. The summed E-state index contributed by atoms with van der Waals surface area (Å²) in [6.07, 6.45) is 0.301. The number of nitriles is 1. The normalized spacial score (nSPS) is 12.9. The Morgan fingerprint density at radius 2 is 2.11 bits per heavy atom. The largest absolute Gasteiger partial charge is 0.391 e. The molecule has 2 N–H and O–H groups in total. The Hall–Kier alpha value is -1.60. The lowest BCUT2D eigenvalue weighted by molar-refractivity contribution is 0.132. The molecule has 0 saturated heterocycles. The van der Waals surface area contributed by atoms with E-state index < -0.39 is 6.10 Å². The summed E-state index contributed by atoms with van der Waals surface area (Å²) in [5.41, 5.74) is 1.47. The smallest absolute Gasteiger partial charge is 0.127 e. The van der Waals surface area contributed by atoms with Gasteiger partial charge in [0.2, 0.25) is 0 Å². The van der Waals surface area contributed by atoms with Gasteiger partial charge < -0.3 is 10.4 Å². The van der Waals surface area contributed by atoms with E-state index in [2.05, 4.69) is 37.1 Å². The summed E-state index contributed by atoms with van der Waals surface area (Å²) >= 11 is 0. The highest BCUT2D eigenvalue weighted by molar-refractivity contribution is 5.44. The number of aromatic nitrogens is 1. The Morgan fingerprint density at radius 1 is 1.44 bits per heavy atom. The molecular weight excluding hydrogens is 226 g/mol. The van der Waals surface area contributed by atoms with E-state index in [0.29, 0.717) is 17.9 Å². The SMILES string of the molecule is Cc1cc(C#N)cc(NCC(O)CC(C)(C)C)n1. The van der Waals surface area contributed by atoms with Gasteiger partial charge in [-0.3, -0.25) is 0 Å². The van der Waals surface area contributed by atoms with Crippen LogP contribution in [-0.2, 0) is 0 Å². The lowest BCUT2D eigenvalue weighted by Crippen LogP contribution is -2.25. The van der Waals surface area contributed by atoms with E-state index in [1.165, 1.54) is 0 Å². The first-order valence-corrected chi connectivity index (χ1v) is 6.11. The molecule has 0 aliphatic rings. The molecule has 0 spiro atoms. The van der Waals surface area contributed by atoms with Crippen molar-refractivity contribution in [2.45, 2.75) is 40.2 Å². The van der Waals surface area contributed by atoms with Crippen LogP contribution in [0, 0.1) is 23.7 Å². The van der Waals surface area contributed by atoms with Gasteiger partial charge in [-0.15, -0.1) is 0 Å². The monoisotopic (exact) mass is 247 g/mol. The third-order valence-electron chi connectivity index (χ3n) is 2.45. The number of hydrogen-bond donors (Lipinski definition) is 2. The fourth-order valence-corrected chi connectivity index (χ4v) is 1.83. The second-order valence-corrected chi connectivity index (χ2v) is 5.79. The van der Waals surface area contributed by atoms with E-state index in [-0.39, 0.29) is 5.41 Å². The van der Waals surface area contributed by atoms with Crippen LogP contribution in [0.5, 0.6) is 0 Å². The van der Waals surface area contributed by atoms with E-state index in [4.69, 9.17) is 5.26 Å². The van der Waals surface area contributed by atoms with Gasteiger partial charge in [0, 0.05) is 12.2 Å². The molecule has 1 unspecified atom stereocenters. The minimum atomic E-state index is -0.419. The minimum absolute atomic E-state index is 0.0962. The summed E-state index contributed by atoms with van der Waals surface area (Å²) in [7, 11) is 0. The second kappa shape index (κ2) is 5.83. The van der Waals surface area contributed by atoms with Crippen LogP contribution in [0.4, 0.5) is 5.82 Å². The van der Waals surface area contributed by atoms with Crippen molar-refractivity contribution >= 4 is 5.82 Å². The molecule has 1 rings (SSSR count). The molecular formula is C14H21N3O. The summed E-state index contributed by atoms with van der Waals surface area (Å²) in [6.45, 7) is 8.56. The third kappa shape index (κ3) is 5.15. The Morgan fingerprint density at radius 3 is 2.67 bits per heavy atom. The van der Waals surface area contributed by atoms with Gasteiger partial charge in [-0.2, -0.15) is 5.26 Å². The molecule has 0 fully saturated rings. The molecule has 0 bridgehead atoms. The number of nitrogens with zero attached hydrogens (tertiary/aromatic N) is 2. The van der Waals surface area contributed by atoms with E-state index in [1.807, 2.05) is 6.92 Å². The number of aliphatic hydroxyl groups is 1. The van der Waals surface area contributed by atoms with Gasteiger partial charge in [0.05, 0.1) is 17.7 Å². The van der Waals surface area contributed by atoms with Crippen molar-refractivity contribution in [1.82, 2.24) is 4.98 Å². The third-order valence-corrected chi connectivity index (χ3v) is 2.45. The maximum absolute atomic E-state index is 9.89. The summed E-state index contributed by atoms with van der Waals surface area (Å²) in [6, 6.07) is 5.52. The van der Waals surface area contributed by atoms with Crippen LogP contribution in [0.15, 0.2) is 12.1 Å². The van der Waals surface area contributed by atoms with Crippen LogP contribution in [0.25, 0.3) is 0 Å². The van der Waals surface area contributed by atoms with E-state index in [9.17, 15) is 5.11 Å². The molecule has 1 heterocycles. The van der Waals surface area contributed by atoms with Crippen molar-refractivity contribution in [2.75, 3.05) is 11.9 Å². The number of pyridine rings is 1. The number of nitrogens with one attached hydrogen (secondary N) is 1. The molecule has 0 saturated carbocycles. The van der Waals surface area contributed by atoms with Crippen LogP contribution in [0.2, 0.25) is 0 Å². The summed E-state index contributed by atoms with van der Waals surface area (Å²) in [5, 5.41) is 21.8. The van der Waals surface area contributed by atoms with Gasteiger partial charge >= 0.3 is 0 Å². The van der Waals surface area contributed by atoms with Crippen LogP contribution in [0.1, 0.15) is 38.4 Å². The number of anilines is 1. The molecule has 1 aromatic rings. The van der Waals surface area contributed by atoms with Crippen molar-refractivity contribution in [2.24, 2.45) is 5.41 Å². The average Bonchev–Trinajstić information content (AvgIpc) is 2.23. The lowest BCUT2D eigenvalue weighted by atomic mass is 9.89. The molecule has 18 heavy (non-hydrogen) atoms. The van der Waals surface area contributed by atoms with Crippen molar-refractivity contribution in [3.8, 4) is 6.07 Å². The van der Waals surface area contributed by atoms with Crippen molar-refractivity contribution in [3.05, 3.63) is 23.4 Å². The molecule has 4 heteroatoms. The minimum Gasteiger partial charge on any atom is -0.391 e. The van der Waals surface area contributed by atoms with Gasteiger partial charge in [-0.25, -0.2) is 4.98 Å². The van der Waals surface area contributed by atoms with Crippen LogP contribution in [0.3, 0.4) is 0 Å². The maximum Gasteiger partial charge on any atom is 0.127 e. The van der Waals surface area contributed by atoms with Gasteiger partial charge in [0.15, 0.2) is 0 Å². The molecule has 4 nitrogen and oxygen atoms in total. The standard InChI is InChI=1S/C14H21N3O/c1-10-5-11(8-15)6-13(17-10)16-9-12(18)7-14(2,3)4/h5-6,12,18H,7,9H2,1-4H3,(H,16,17). The highest BCUT2D eigenvalue weighted by Crippen LogP contribution is 2.21. The molecule has 1 atom stereocenters. The van der Waals surface area contributed by atoms with Crippen molar-refractivity contribution in [1.29, 1.82) is 5.26 Å². The first kappa shape index (κ1) is 14.5. The fraction of sp³-hybridized carbons (Fsp3) is 0.571. The summed E-state index contributed by atoms with van der Waals surface area (Å²) in [5.74, 6) is 0.638. The Balaban J connectivity index is 2.59. The number of aryl methyl sites for hydroxylation is 1. The van der Waals surface area contributed by atoms with E-state index in [0.717, 1.165) is 12.1 Å². The number of rotatable bonds is 4. The molecule has 0 radical (unpaired) electrons. The predicted octanol–water partition coefficient (Wildman–Crippen LogP) is 2.47.